The van der Waals surface area contributed by atoms with Crippen LogP contribution in [0.25, 0.3) is 0 Å². The molecule has 9 heteroatoms. The van der Waals surface area contributed by atoms with Gasteiger partial charge in [0.1, 0.15) is 17.7 Å². The predicted molar refractivity (Wildman–Crippen MR) is 95.3 cm³/mol. The highest BCUT2D eigenvalue weighted by Gasteiger charge is 2.30. The highest BCUT2D eigenvalue weighted by molar-refractivity contribution is 5.81. The third kappa shape index (κ3) is 3.48. The minimum absolute atomic E-state index is 0.0846. The van der Waals surface area contributed by atoms with Gasteiger partial charge in [0.15, 0.2) is 0 Å². The highest BCUT2D eigenvalue weighted by Crippen LogP contribution is 2.24. The molecule has 4 heterocycles. The number of H-pyrrole nitrogens is 1. The van der Waals surface area contributed by atoms with Crippen molar-refractivity contribution in [3.63, 3.8) is 0 Å². The van der Waals surface area contributed by atoms with E-state index in [0.717, 1.165) is 35.7 Å². The van der Waals surface area contributed by atoms with E-state index < -0.39 is 0 Å². The zero-order valence-corrected chi connectivity index (χ0v) is 14.6. The monoisotopic (exact) mass is 357 g/mol. The zero-order chi connectivity index (χ0) is 17.9. The Kier molecular flexibility index (Phi) is 4.70. The van der Waals surface area contributed by atoms with Gasteiger partial charge in [-0.05, 0) is 19.3 Å². The summed E-state index contributed by atoms with van der Waals surface area (Å²) in [4.78, 5) is 30.6. The Morgan fingerprint density at radius 3 is 3.04 bits per heavy atom. The van der Waals surface area contributed by atoms with Crippen LogP contribution in [0, 0.1) is 0 Å². The number of nitrogens with zero attached hydrogens (tertiary/aromatic N) is 4. The number of nitrogens with two attached hydrogens (primary N) is 1. The number of carbonyl (C=O) groups is 1. The molecule has 4 N–H and O–H groups in total. The van der Waals surface area contributed by atoms with E-state index in [9.17, 15) is 4.79 Å². The Labute approximate surface area is 151 Å². The maximum absolute atomic E-state index is 12.6. The first-order valence-electron chi connectivity index (χ1n) is 8.98. The Bertz CT molecular complexity index is 772. The van der Waals surface area contributed by atoms with Crippen LogP contribution in [0.3, 0.4) is 0 Å². The first-order valence-corrected chi connectivity index (χ1v) is 8.98. The quantitative estimate of drug-likeness (QED) is 0.728. The molecule has 2 aromatic heterocycles. The van der Waals surface area contributed by atoms with Crippen LogP contribution in [0.4, 0.5) is 11.8 Å². The Morgan fingerprint density at radius 2 is 2.27 bits per heavy atom. The van der Waals surface area contributed by atoms with Crippen LogP contribution in [0.15, 0.2) is 12.4 Å². The number of nitrogen functional groups attached to an aromatic ring is 1. The number of amides is 1. The van der Waals surface area contributed by atoms with E-state index in [4.69, 9.17) is 10.5 Å². The van der Waals surface area contributed by atoms with E-state index in [1.165, 1.54) is 0 Å². The van der Waals surface area contributed by atoms with E-state index in [1.807, 2.05) is 4.90 Å². The first-order chi connectivity index (χ1) is 12.7. The van der Waals surface area contributed by atoms with Crippen molar-refractivity contribution in [3.8, 4) is 0 Å². The van der Waals surface area contributed by atoms with Gasteiger partial charge in [0.05, 0.1) is 12.2 Å². The van der Waals surface area contributed by atoms with Gasteiger partial charge >= 0.3 is 0 Å². The van der Waals surface area contributed by atoms with Crippen molar-refractivity contribution in [2.24, 2.45) is 0 Å². The number of hydrogen-bond acceptors (Lipinski definition) is 7. The van der Waals surface area contributed by atoms with Crippen molar-refractivity contribution in [1.29, 1.82) is 0 Å². The standard InChI is InChI=1S/C17H23N7O2/c18-17-22-12-4-8-24(16(25)13-2-1-9-26-13)7-3-11(12)15(23-17)21-10-14-19-5-6-20-14/h5-6,13H,1-4,7-10H2,(H,19,20)(H3,18,21,22,23)/t13-/m1/s1. The normalized spacial score (nSPS) is 19.8. The lowest BCUT2D eigenvalue weighted by molar-refractivity contribution is -0.140. The maximum atomic E-state index is 12.6. The number of fused-ring (bicyclic) bond motifs is 1. The summed E-state index contributed by atoms with van der Waals surface area (Å²) in [6.45, 7) is 2.45. The van der Waals surface area contributed by atoms with Gasteiger partial charge in [0, 0.05) is 44.1 Å². The van der Waals surface area contributed by atoms with Crippen LogP contribution in [0.2, 0.25) is 0 Å². The number of carbonyl (C=O) groups excluding carboxylic acids is 1. The number of aromatic nitrogens is 4. The topological polar surface area (TPSA) is 122 Å². The number of anilines is 2. The van der Waals surface area contributed by atoms with Crippen LogP contribution >= 0.6 is 0 Å². The third-order valence-electron chi connectivity index (χ3n) is 4.86. The summed E-state index contributed by atoms with van der Waals surface area (Å²) in [5.41, 5.74) is 7.82. The molecule has 138 valence electrons. The van der Waals surface area contributed by atoms with Crippen molar-refractivity contribution in [3.05, 3.63) is 29.5 Å². The number of aromatic amines is 1. The van der Waals surface area contributed by atoms with Gasteiger partial charge in [-0.2, -0.15) is 4.98 Å². The lowest BCUT2D eigenvalue weighted by Crippen LogP contribution is -2.40. The van der Waals surface area contributed by atoms with Crippen LogP contribution < -0.4 is 11.1 Å². The molecular weight excluding hydrogens is 334 g/mol. The fourth-order valence-electron chi connectivity index (χ4n) is 3.52. The number of rotatable bonds is 4. The SMILES string of the molecule is Nc1nc2c(c(NCc3ncc[nH]3)n1)CCN(C(=O)[C@H]1CCCO1)CC2. The van der Waals surface area contributed by atoms with Gasteiger partial charge in [-0.15, -0.1) is 0 Å². The molecule has 4 rings (SSSR count). The molecule has 1 atom stereocenters. The van der Waals surface area contributed by atoms with Crippen molar-refractivity contribution in [2.75, 3.05) is 30.7 Å². The van der Waals surface area contributed by atoms with E-state index in [0.29, 0.717) is 39.1 Å². The van der Waals surface area contributed by atoms with Gasteiger partial charge < -0.3 is 25.7 Å². The second-order valence-corrected chi connectivity index (χ2v) is 6.57. The smallest absolute Gasteiger partial charge is 0.251 e. The van der Waals surface area contributed by atoms with E-state index in [-0.39, 0.29) is 18.0 Å². The minimum Gasteiger partial charge on any atom is -0.368 e. The molecule has 0 spiro atoms. The largest absolute Gasteiger partial charge is 0.368 e. The van der Waals surface area contributed by atoms with Crippen molar-refractivity contribution in [2.45, 2.75) is 38.3 Å². The zero-order valence-electron chi connectivity index (χ0n) is 14.6. The van der Waals surface area contributed by atoms with Gasteiger partial charge in [-0.1, -0.05) is 0 Å². The maximum Gasteiger partial charge on any atom is 0.251 e. The van der Waals surface area contributed by atoms with Crippen molar-refractivity contribution in [1.82, 2.24) is 24.8 Å². The van der Waals surface area contributed by atoms with Gasteiger partial charge in [-0.3, -0.25) is 4.79 Å². The molecule has 26 heavy (non-hydrogen) atoms. The number of hydrogen-bond donors (Lipinski definition) is 3. The fourth-order valence-corrected chi connectivity index (χ4v) is 3.52. The summed E-state index contributed by atoms with van der Waals surface area (Å²) < 4.78 is 5.55. The third-order valence-corrected chi connectivity index (χ3v) is 4.86. The fraction of sp³-hybridized carbons (Fsp3) is 0.529. The average Bonchev–Trinajstić information content (AvgIpc) is 3.30. The molecule has 1 fully saturated rings. The second kappa shape index (κ2) is 7.28. The number of imidazole rings is 1. The van der Waals surface area contributed by atoms with Crippen LogP contribution in [-0.2, 0) is 28.9 Å². The summed E-state index contributed by atoms with van der Waals surface area (Å²) in [6, 6.07) is 0. The summed E-state index contributed by atoms with van der Waals surface area (Å²) >= 11 is 0. The lowest BCUT2D eigenvalue weighted by Gasteiger charge is -2.23. The lowest BCUT2D eigenvalue weighted by atomic mass is 10.1. The van der Waals surface area contributed by atoms with Gasteiger partial charge in [0.25, 0.3) is 5.91 Å². The molecule has 0 unspecified atom stereocenters. The molecule has 0 bridgehead atoms. The summed E-state index contributed by atoms with van der Waals surface area (Å²) in [7, 11) is 0. The first kappa shape index (κ1) is 16.8. The molecule has 1 saturated heterocycles. The molecule has 0 radical (unpaired) electrons. The summed E-state index contributed by atoms with van der Waals surface area (Å²) in [6.07, 6.45) is 6.31. The molecule has 0 aliphatic carbocycles. The molecule has 0 saturated carbocycles. The van der Waals surface area contributed by atoms with Crippen LogP contribution in [-0.4, -0.2) is 56.5 Å². The molecule has 9 nitrogen and oxygen atoms in total. The van der Waals surface area contributed by atoms with Gasteiger partial charge in [-0.25, -0.2) is 9.97 Å². The molecule has 2 aliphatic heterocycles. The van der Waals surface area contributed by atoms with E-state index in [2.05, 4.69) is 25.3 Å². The minimum atomic E-state index is -0.288. The molecule has 1 amide bonds. The molecular formula is C17H23N7O2. The van der Waals surface area contributed by atoms with E-state index >= 15 is 0 Å². The van der Waals surface area contributed by atoms with Gasteiger partial charge in [0.2, 0.25) is 5.95 Å². The number of nitrogens with one attached hydrogen (secondary N) is 2. The highest BCUT2D eigenvalue weighted by atomic mass is 16.5. The molecule has 0 aromatic carbocycles. The Morgan fingerprint density at radius 1 is 1.38 bits per heavy atom. The summed E-state index contributed by atoms with van der Waals surface area (Å²) in [5, 5.41) is 3.29. The summed E-state index contributed by atoms with van der Waals surface area (Å²) in [5.74, 6) is 1.86. The Balaban J connectivity index is 1.49. The van der Waals surface area contributed by atoms with Crippen molar-refractivity contribution >= 4 is 17.7 Å². The average molecular weight is 357 g/mol. The Hall–Kier alpha value is -2.68. The molecule has 2 aromatic rings. The van der Waals surface area contributed by atoms with Crippen LogP contribution in [0.1, 0.15) is 29.9 Å². The predicted octanol–water partition coefficient (Wildman–Crippen LogP) is 0.500. The second-order valence-electron chi connectivity index (χ2n) is 6.57. The van der Waals surface area contributed by atoms with Crippen LogP contribution in [0.5, 0.6) is 0 Å². The molecule has 2 aliphatic rings. The van der Waals surface area contributed by atoms with E-state index in [1.54, 1.807) is 12.4 Å². The van der Waals surface area contributed by atoms with Crippen molar-refractivity contribution < 1.29 is 9.53 Å². The number of ether oxygens (including phenoxy) is 1.